The van der Waals surface area contributed by atoms with Gasteiger partial charge in [0.15, 0.2) is 10.7 Å². The van der Waals surface area contributed by atoms with Gasteiger partial charge in [-0.05, 0) is 68.1 Å². The van der Waals surface area contributed by atoms with Crippen LogP contribution in [0.15, 0.2) is 29.3 Å². The fourth-order valence-corrected chi connectivity index (χ4v) is 6.00. The summed E-state index contributed by atoms with van der Waals surface area (Å²) in [7, 11) is 0. The van der Waals surface area contributed by atoms with Crippen LogP contribution in [0.1, 0.15) is 54.6 Å². The lowest BCUT2D eigenvalue weighted by Crippen LogP contribution is -2.17. The van der Waals surface area contributed by atoms with Crippen LogP contribution in [0.4, 0.5) is 13.2 Å². The van der Waals surface area contributed by atoms with E-state index in [-0.39, 0.29) is 5.75 Å². The van der Waals surface area contributed by atoms with Crippen LogP contribution in [0.5, 0.6) is 5.75 Å². The van der Waals surface area contributed by atoms with Gasteiger partial charge < -0.3 is 9.47 Å². The van der Waals surface area contributed by atoms with Gasteiger partial charge in [0.2, 0.25) is 0 Å². The highest BCUT2D eigenvalue weighted by Crippen LogP contribution is 2.54. The van der Waals surface area contributed by atoms with Crippen LogP contribution in [-0.2, 0) is 4.74 Å². The molecule has 162 valence electrons. The van der Waals surface area contributed by atoms with Crippen LogP contribution in [0.2, 0.25) is 0 Å². The number of halogens is 3. The molecule has 1 aromatic carbocycles. The largest absolute Gasteiger partial charge is 0.573 e. The number of benzene rings is 1. The van der Waals surface area contributed by atoms with Gasteiger partial charge in [-0.15, -0.1) is 18.3 Å². The van der Waals surface area contributed by atoms with Crippen molar-refractivity contribution < 1.29 is 27.4 Å². The van der Waals surface area contributed by atoms with E-state index in [2.05, 4.69) is 20.1 Å². The van der Waals surface area contributed by atoms with Crippen molar-refractivity contribution in [2.24, 2.45) is 11.8 Å². The van der Waals surface area contributed by atoms with E-state index in [0.717, 1.165) is 31.2 Å². The molecule has 2 aromatic rings. The average molecular weight is 441 g/mol. The minimum Gasteiger partial charge on any atom is -0.461 e. The number of nitrogens with one attached hydrogen (secondary N) is 1. The summed E-state index contributed by atoms with van der Waals surface area (Å²) < 4.78 is 45.9. The minimum atomic E-state index is -4.67. The Morgan fingerprint density at radius 1 is 1.17 bits per heavy atom. The number of hydrogen-bond acceptors (Lipinski definition) is 6. The summed E-state index contributed by atoms with van der Waals surface area (Å²) in [5.74, 6) is 0.855. The molecule has 6 nitrogen and oxygen atoms in total. The number of esters is 1. The third kappa shape index (κ3) is 4.74. The quantitative estimate of drug-likeness (QED) is 0.640. The number of carbonyl (C=O) groups excluding carboxylic acids is 1. The van der Waals surface area contributed by atoms with Gasteiger partial charge in [0, 0.05) is 5.25 Å². The number of fused-ring (bicyclic) bond motifs is 1. The second kappa shape index (κ2) is 8.49. The third-order valence-corrected chi connectivity index (χ3v) is 7.06. The van der Waals surface area contributed by atoms with Crippen LogP contribution < -0.4 is 4.74 Å². The number of aromatic nitrogens is 3. The molecule has 0 bridgehead atoms. The Kier molecular flexibility index (Phi) is 5.95. The van der Waals surface area contributed by atoms with Gasteiger partial charge in [-0.25, -0.2) is 4.79 Å². The Balaban J connectivity index is 1.32. The Labute approximate surface area is 175 Å². The van der Waals surface area contributed by atoms with Gasteiger partial charge in [0.25, 0.3) is 0 Å². The maximum Gasteiger partial charge on any atom is 0.573 e. The molecule has 4 rings (SSSR count). The lowest BCUT2D eigenvalue weighted by Gasteiger charge is -2.15. The van der Waals surface area contributed by atoms with Gasteiger partial charge in [0.05, 0.1) is 6.61 Å². The van der Waals surface area contributed by atoms with Gasteiger partial charge in [-0.1, -0.05) is 29.1 Å². The van der Waals surface area contributed by atoms with Gasteiger partial charge in [-0.2, -0.15) is 0 Å². The molecular weight excluding hydrogens is 419 g/mol. The Hall–Kier alpha value is -2.23. The number of H-pyrrole nitrogens is 1. The number of ether oxygens (including phenoxy) is 2. The number of aromatic amines is 1. The normalized spacial score (nSPS) is 25.9. The summed E-state index contributed by atoms with van der Waals surface area (Å²) in [6.45, 7) is 2.04. The molecule has 0 spiro atoms. The van der Waals surface area contributed by atoms with Crippen molar-refractivity contribution in [1.29, 1.82) is 0 Å². The topological polar surface area (TPSA) is 77.1 Å². The number of rotatable bonds is 6. The van der Waals surface area contributed by atoms with E-state index in [1.165, 1.54) is 12.1 Å². The Bertz CT molecular complexity index is 873. The first kappa shape index (κ1) is 21.0. The fraction of sp³-hybridized carbons (Fsp3) is 0.550. The smallest absolute Gasteiger partial charge is 0.461 e. The number of nitrogens with zero attached hydrogens (tertiary/aromatic N) is 2. The zero-order valence-electron chi connectivity index (χ0n) is 16.3. The van der Waals surface area contributed by atoms with E-state index in [1.807, 2.05) is 0 Å². The van der Waals surface area contributed by atoms with Crippen LogP contribution >= 0.6 is 11.8 Å². The molecule has 2 aliphatic rings. The fourth-order valence-electron chi connectivity index (χ4n) is 4.67. The van der Waals surface area contributed by atoms with Crippen LogP contribution in [0.3, 0.4) is 0 Å². The highest BCUT2D eigenvalue weighted by atomic mass is 32.2. The first-order chi connectivity index (χ1) is 14.3. The summed E-state index contributed by atoms with van der Waals surface area (Å²) in [6.07, 6.45) is -0.586. The van der Waals surface area contributed by atoms with Crippen LogP contribution in [0.25, 0.3) is 0 Å². The molecule has 4 atom stereocenters. The Morgan fingerprint density at radius 2 is 1.83 bits per heavy atom. The van der Waals surface area contributed by atoms with E-state index in [1.54, 1.807) is 30.8 Å². The first-order valence-electron chi connectivity index (χ1n) is 9.93. The third-order valence-electron chi connectivity index (χ3n) is 5.83. The first-order valence-corrected chi connectivity index (χ1v) is 10.8. The number of alkyl halides is 3. The van der Waals surface area contributed by atoms with Crippen LogP contribution in [-0.4, -0.2) is 39.6 Å². The van der Waals surface area contributed by atoms with Crippen molar-refractivity contribution in [2.45, 2.75) is 55.2 Å². The van der Waals surface area contributed by atoms with Crippen molar-refractivity contribution in [2.75, 3.05) is 6.61 Å². The molecule has 0 radical (unpaired) electrons. The molecule has 2 aliphatic carbocycles. The maximum atomic E-state index is 12.3. The Morgan fingerprint density at radius 3 is 2.43 bits per heavy atom. The molecule has 0 amide bonds. The molecule has 10 heteroatoms. The second-order valence-corrected chi connectivity index (χ2v) is 9.02. The van der Waals surface area contributed by atoms with E-state index < -0.39 is 12.3 Å². The molecule has 1 aromatic heterocycles. The number of thioether (sulfide) groups is 1. The highest BCUT2D eigenvalue weighted by Gasteiger charge is 2.43. The zero-order valence-corrected chi connectivity index (χ0v) is 17.1. The van der Waals surface area contributed by atoms with E-state index in [9.17, 15) is 18.0 Å². The van der Waals surface area contributed by atoms with Gasteiger partial charge >= 0.3 is 12.3 Å². The van der Waals surface area contributed by atoms with Gasteiger partial charge in [-0.3, -0.25) is 5.10 Å². The highest BCUT2D eigenvalue weighted by molar-refractivity contribution is 7.99. The van der Waals surface area contributed by atoms with Crippen molar-refractivity contribution >= 4 is 17.7 Å². The van der Waals surface area contributed by atoms with Crippen molar-refractivity contribution in [3.63, 3.8) is 0 Å². The summed E-state index contributed by atoms with van der Waals surface area (Å²) in [5, 5.41) is 11.3. The zero-order chi connectivity index (χ0) is 21.3. The molecule has 1 N–H and O–H groups in total. The molecule has 2 unspecified atom stereocenters. The molecular formula is C20H22F3N3O3S. The van der Waals surface area contributed by atoms with E-state index in [4.69, 9.17) is 4.74 Å². The summed E-state index contributed by atoms with van der Waals surface area (Å²) in [4.78, 5) is 12.0. The molecule has 0 saturated heterocycles. The lowest BCUT2D eigenvalue weighted by molar-refractivity contribution is -0.274. The molecule has 1 heterocycles. The average Bonchev–Trinajstić information content (AvgIpc) is 3.36. The molecule has 0 aliphatic heterocycles. The SMILES string of the molecule is CCOC(=O)c1[nH]nnc1SC1C[C@@H]2CC(c3ccc(OC(F)(F)F)cc3)C[C@@H]2C1. The maximum absolute atomic E-state index is 12.3. The molecule has 2 fully saturated rings. The standard InChI is InChI=1S/C20H22F3N3O3S/c1-2-28-19(27)17-18(25-26-24-17)30-16-9-13-7-12(8-14(13)10-16)11-3-5-15(6-4-11)29-20(21,22)23/h3-6,12-14,16H,2,7-10H2,1H3,(H,24,25,26)/t12?,13-,14+,16?. The monoisotopic (exact) mass is 441 g/mol. The summed E-state index contributed by atoms with van der Waals surface area (Å²) in [6, 6.07) is 6.24. The van der Waals surface area contributed by atoms with Crippen molar-refractivity contribution in [3.05, 3.63) is 35.5 Å². The predicted octanol–water partition coefficient (Wildman–Crippen LogP) is 4.94. The second-order valence-electron chi connectivity index (χ2n) is 7.73. The van der Waals surface area contributed by atoms with E-state index in [0.29, 0.717) is 40.3 Å². The molecule has 30 heavy (non-hydrogen) atoms. The summed E-state index contributed by atoms with van der Waals surface area (Å²) >= 11 is 1.57. The minimum absolute atomic E-state index is 0.189. The predicted molar refractivity (Wildman–Crippen MR) is 103 cm³/mol. The summed E-state index contributed by atoms with van der Waals surface area (Å²) in [5.41, 5.74) is 1.36. The van der Waals surface area contributed by atoms with Gasteiger partial charge in [0.1, 0.15) is 5.75 Å². The van der Waals surface area contributed by atoms with Crippen LogP contribution in [0, 0.1) is 11.8 Å². The number of carbonyl (C=O) groups is 1. The van der Waals surface area contributed by atoms with Crippen molar-refractivity contribution in [3.8, 4) is 5.75 Å². The lowest BCUT2D eigenvalue weighted by atomic mass is 9.94. The van der Waals surface area contributed by atoms with E-state index >= 15 is 0 Å². The molecule has 2 saturated carbocycles. The van der Waals surface area contributed by atoms with Crippen molar-refractivity contribution in [1.82, 2.24) is 15.4 Å². The number of hydrogen-bond donors (Lipinski definition) is 1.